The zero-order valence-corrected chi connectivity index (χ0v) is 18.0. The van der Waals surface area contributed by atoms with E-state index in [4.69, 9.17) is 9.59 Å². The van der Waals surface area contributed by atoms with Crippen LogP contribution < -0.4 is 0 Å². The largest absolute Gasteiger partial charge is 0.542 e. The zero-order chi connectivity index (χ0) is 13.8. The van der Waals surface area contributed by atoms with Crippen LogP contribution in [-0.2, 0) is 84.5 Å². The Hall–Kier alpha value is 1.47. The number of hydrogen-bond acceptors (Lipinski definition) is 4. The first kappa shape index (κ1) is 65.3. The Balaban J connectivity index is -0.0000000102. The SMILES string of the molecule is C.C.C.C.C[C-]=O.C[C-]=O.C[CH-]COC.[CH2-]C(C)OC.[Y].[Y]. The van der Waals surface area contributed by atoms with Gasteiger partial charge in [-0.3, -0.25) is 12.6 Å². The van der Waals surface area contributed by atoms with Crippen LogP contribution in [0.3, 0.4) is 0 Å². The quantitative estimate of drug-likeness (QED) is 0.566. The predicted octanol–water partition coefficient (Wildman–Crippen LogP) is 4.48. The zero-order valence-electron chi connectivity index (χ0n) is 12.4. The van der Waals surface area contributed by atoms with Gasteiger partial charge in [0.05, 0.1) is 0 Å². The van der Waals surface area contributed by atoms with E-state index < -0.39 is 0 Å². The van der Waals surface area contributed by atoms with Gasteiger partial charge in [-0.1, -0.05) is 49.3 Å². The maximum absolute atomic E-state index is 8.68. The van der Waals surface area contributed by atoms with Crippen molar-refractivity contribution in [3.05, 3.63) is 13.3 Å². The van der Waals surface area contributed by atoms with Crippen LogP contribution in [0.1, 0.15) is 57.4 Å². The maximum Gasteiger partial charge on any atom is 0.0322 e. The average molecular weight is 474 g/mol. The maximum atomic E-state index is 8.68. The van der Waals surface area contributed by atoms with E-state index >= 15 is 0 Å². The number of ether oxygens (including phenoxy) is 2. The summed E-state index contributed by atoms with van der Waals surface area (Å²) in [5.74, 6) is 0. The Labute approximate surface area is 193 Å². The molecule has 0 saturated heterocycles. The molecule has 138 valence electrons. The van der Waals surface area contributed by atoms with Crippen LogP contribution in [0, 0.1) is 13.3 Å². The Morgan fingerprint density at radius 1 is 1.00 bits per heavy atom. The van der Waals surface area contributed by atoms with Crippen LogP contribution in [0.15, 0.2) is 0 Å². The third-order valence-corrected chi connectivity index (χ3v) is 0.736. The van der Waals surface area contributed by atoms with Gasteiger partial charge in [0, 0.05) is 79.6 Å². The summed E-state index contributed by atoms with van der Waals surface area (Å²) < 4.78 is 9.27. The van der Waals surface area contributed by atoms with E-state index in [-0.39, 0.29) is 101 Å². The average Bonchev–Trinajstić information content (AvgIpc) is 2.22. The van der Waals surface area contributed by atoms with Crippen molar-refractivity contribution in [2.45, 2.75) is 63.5 Å². The molecule has 0 aliphatic rings. The molecule has 0 aromatic carbocycles. The fourth-order valence-electron chi connectivity index (χ4n) is 0.167. The number of methoxy groups -OCH3 is 2. The molecule has 6 heteroatoms. The van der Waals surface area contributed by atoms with Crippen molar-refractivity contribution in [2.75, 3.05) is 20.8 Å². The van der Waals surface area contributed by atoms with E-state index in [1.165, 1.54) is 26.4 Å². The van der Waals surface area contributed by atoms with Crippen LogP contribution in [-0.4, -0.2) is 39.5 Å². The number of hydrogen-bond donors (Lipinski definition) is 0. The smallest absolute Gasteiger partial charge is 0.0322 e. The summed E-state index contributed by atoms with van der Waals surface area (Å²) in [6, 6.07) is 0. The predicted molar refractivity (Wildman–Crippen MR) is 93.3 cm³/mol. The number of carbonyl (C=O) groups excluding carboxylic acids is 2. The van der Waals surface area contributed by atoms with E-state index in [0.29, 0.717) is 0 Å². The fraction of sp³-hybridized carbons (Fsp3) is 0.750. The molecule has 2 radical (unpaired) electrons. The second-order valence-electron chi connectivity index (χ2n) is 2.32. The van der Waals surface area contributed by atoms with Crippen molar-refractivity contribution in [1.29, 1.82) is 0 Å². The Bertz CT molecular complexity index is 106. The summed E-state index contributed by atoms with van der Waals surface area (Å²) in [6.45, 7) is 10.8. The molecule has 0 aromatic rings. The molecule has 0 spiro atoms. The fourth-order valence-corrected chi connectivity index (χ4v) is 0.167. The van der Waals surface area contributed by atoms with Crippen molar-refractivity contribution in [3.63, 3.8) is 0 Å². The first-order valence-electron chi connectivity index (χ1n) is 4.72. The van der Waals surface area contributed by atoms with Crippen LogP contribution in [0.5, 0.6) is 0 Å². The minimum absolute atomic E-state index is 0. The minimum atomic E-state index is 0. The molecule has 0 aliphatic heterocycles. The summed E-state index contributed by atoms with van der Waals surface area (Å²) in [7, 11) is 3.32. The summed E-state index contributed by atoms with van der Waals surface area (Å²) in [5.41, 5.74) is 0. The topological polar surface area (TPSA) is 52.6 Å². The van der Waals surface area contributed by atoms with Gasteiger partial charge in [0.15, 0.2) is 0 Å². The molecule has 0 N–H and O–H groups in total. The van der Waals surface area contributed by atoms with Crippen LogP contribution in [0.4, 0.5) is 0 Å². The van der Waals surface area contributed by atoms with Crippen molar-refractivity contribution in [2.24, 2.45) is 0 Å². The summed E-state index contributed by atoms with van der Waals surface area (Å²) in [6.07, 6.45) is 5.09. The van der Waals surface area contributed by atoms with E-state index in [0.717, 1.165) is 6.61 Å². The molecule has 0 amide bonds. The second-order valence-corrected chi connectivity index (χ2v) is 2.32. The molecule has 0 fully saturated rings. The number of rotatable bonds is 3. The Kier molecular flexibility index (Phi) is 281. The van der Waals surface area contributed by atoms with Gasteiger partial charge in [-0.2, -0.15) is 20.8 Å². The Morgan fingerprint density at radius 2 is 1.18 bits per heavy atom. The molecular formula is C16H40O4Y2-4. The third kappa shape index (κ3) is 301. The van der Waals surface area contributed by atoms with Crippen LogP contribution in [0.25, 0.3) is 0 Å². The molecule has 4 nitrogen and oxygen atoms in total. The van der Waals surface area contributed by atoms with Gasteiger partial charge in [-0.05, 0) is 0 Å². The summed E-state index contributed by atoms with van der Waals surface area (Å²) in [5, 5.41) is 0. The van der Waals surface area contributed by atoms with E-state index in [1.807, 2.05) is 20.3 Å². The van der Waals surface area contributed by atoms with Gasteiger partial charge >= 0.3 is 0 Å². The molecule has 0 bridgehead atoms. The molecular weight excluding hydrogens is 434 g/mol. The standard InChI is InChI=1S/2C4H9O.2C2H3O.4CH4.2Y/c1-4(2)5-3;1-3-4-5-2;2*1-2-3;;;;;;/h4H,1H2,2-3H3;3H,4H2,1-2H3;2*1H3;4*1H4;;/q4*-1;;;;;;. The monoisotopic (exact) mass is 474 g/mol. The molecule has 0 aromatic heterocycles. The molecule has 0 rings (SSSR count). The molecule has 1 unspecified atom stereocenters. The van der Waals surface area contributed by atoms with Crippen molar-refractivity contribution in [3.8, 4) is 0 Å². The van der Waals surface area contributed by atoms with Crippen molar-refractivity contribution in [1.82, 2.24) is 0 Å². The van der Waals surface area contributed by atoms with Gasteiger partial charge in [-0.25, -0.2) is 0 Å². The second kappa shape index (κ2) is 94.5. The van der Waals surface area contributed by atoms with Gasteiger partial charge in [0.2, 0.25) is 0 Å². The first-order valence-corrected chi connectivity index (χ1v) is 4.72. The van der Waals surface area contributed by atoms with E-state index in [1.54, 1.807) is 14.2 Å². The van der Waals surface area contributed by atoms with E-state index in [9.17, 15) is 0 Å². The van der Waals surface area contributed by atoms with Gasteiger partial charge in [0.1, 0.15) is 0 Å². The minimum Gasteiger partial charge on any atom is -0.542 e. The third-order valence-electron chi connectivity index (χ3n) is 0.736. The van der Waals surface area contributed by atoms with E-state index in [2.05, 4.69) is 16.4 Å². The van der Waals surface area contributed by atoms with Crippen LogP contribution in [0.2, 0.25) is 0 Å². The molecule has 1 atom stereocenters. The molecule has 22 heavy (non-hydrogen) atoms. The van der Waals surface area contributed by atoms with Crippen LogP contribution >= 0.6 is 0 Å². The molecule has 0 heterocycles. The van der Waals surface area contributed by atoms with Gasteiger partial charge in [-0.15, -0.1) is 0 Å². The van der Waals surface area contributed by atoms with Crippen molar-refractivity contribution < 1.29 is 84.5 Å². The van der Waals surface area contributed by atoms with Gasteiger partial charge < -0.3 is 32.4 Å². The van der Waals surface area contributed by atoms with Crippen molar-refractivity contribution >= 4 is 12.6 Å². The van der Waals surface area contributed by atoms with Gasteiger partial charge in [0.25, 0.3) is 0 Å². The normalized spacial score (nSPS) is 6.50. The molecule has 0 saturated carbocycles. The summed E-state index contributed by atoms with van der Waals surface area (Å²) >= 11 is 0. The first-order chi connectivity index (χ1) is 7.51. The summed E-state index contributed by atoms with van der Waals surface area (Å²) in [4.78, 5) is 17.4. The molecule has 0 aliphatic carbocycles. The Morgan fingerprint density at radius 3 is 1.18 bits per heavy atom.